The predicted molar refractivity (Wildman–Crippen MR) is 89.5 cm³/mol. The third kappa shape index (κ3) is 2.37. The summed E-state index contributed by atoms with van der Waals surface area (Å²) in [5.41, 5.74) is 1.20. The molecule has 1 atom stereocenters. The van der Waals surface area contributed by atoms with E-state index in [-0.39, 0.29) is 29.3 Å². The summed E-state index contributed by atoms with van der Waals surface area (Å²) in [5, 5.41) is 10.4. The third-order valence-electron chi connectivity index (χ3n) is 5.14. The summed E-state index contributed by atoms with van der Waals surface area (Å²) in [5.74, 6) is 0.0729. The maximum Gasteiger partial charge on any atom is 0.237 e. The fourth-order valence-corrected chi connectivity index (χ4v) is 3.88. The van der Waals surface area contributed by atoms with Gasteiger partial charge in [-0.3, -0.25) is 9.59 Å². The van der Waals surface area contributed by atoms with Gasteiger partial charge in [-0.05, 0) is 30.4 Å². The first kappa shape index (κ1) is 15.8. The average Bonchev–Trinajstić information content (AvgIpc) is 2.65. The van der Waals surface area contributed by atoms with E-state index < -0.39 is 5.41 Å². The molecule has 0 saturated carbocycles. The molecule has 0 fully saturated rings. The van der Waals surface area contributed by atoms with Crippen molar-refractivity contribution in [2.45, 2.75) is 45.4 Å². The molecule has 1 aliphatic heterocycles. The molecule has 0 aromatic heterocycles. The number of anilines is 1. The van der Waals surface area contributed by atoms with Gasteiger partial charge in [-0.15, -0.1) is 0 Å². The lowest BCUT2D eigenvalue weighted by Gasteiger charge is -2.32. The van der Waals surface area contributed by atoms with E-state index in [2.05, 4.69) is 0 Å². The van der Waals surface area contributed by atoms with Gasteiger partial charge in [0.1, 0.15) is 0 Å². The smallest absolute Gasteiger partial charge is 0.237 e. The fourth-order valence-electron chi connectivity index (χ4n) is 3.88. The van der Waals surface area contributed by atoms with E-state index in [0.29, 0.717) is 18.4 Å². The maximum atomic E-state index is 12.8. The summed E-state index contributed by atoms with van der Waals surface area (Å²) in [6, 6.07) is 7.66. The standard InChI is InChI=1S/C19H23NO3/c1-18(2)10-15(21)12(16(22)11-18)9-19(3)13-7-5-6-8-14(13)20(4)17(19)23/h5-8,21H,9-11H2,1-4H3. The van der Waals surface area contributed by atoms with Crippen molar-refractivity contribution < 1.29 is 14.7 Å². The van der Waals surface area contributed by atoms with Gasteiger partial charge in [0.2, 0.25) is 5.91 Å². The van der Waals surface area contributed by atoms with E-state index >= 15 is 0 Å². The molecule has 1 amide bonds. The molecule has 1 aromatic carbocycles. The van der Waals surface area contributed by atoms with Crippen LogP contribution in [0.5, 0.6) is 0 Å². The Labute approximate surface area is 136 Å². The highest BCUT2D eigenvalue weighted by atomic mass is 16.3. The average molecular weight is 313 g/mol. The third-order valence-corrected chi connectivity index (χ3v) is 5.14. The molecule has 1 heterocycles. The first-order valence-electron chi connectivity index (χ1n) is 7.97. The van der Waals surface area contributed by atoms with Crippen LogP contribution in [0.25, 0.3) is 0 Å². The first-order chi connectivity index (χ1) is 10.7. The molecule has 23 heavy (non-hydrogen) atoms. The van der Waals surface area contributed by atoms with Crippen LogP contribution in [0.2, 0.25) is 0 Å². The topological polar surface area (TPSA) is 57.6 Å². The number of likely N-dealkylation sites (N-methyl/N-ethyl adjacent to an activating group) is 1. The molecule has 0 bridgehead atoms. The van der Waals surface area contributed by atoms with Crippen LogP contribution in [-0.4, -0.2) is 23.8 Å². The molecule has 0 saturated heterocycles. The quantitative estimate of drug-likeness (QED) is 0.909. The number of fused-ring (bicyclic) bond motifs is 1. The molecule has 0 spiro atoms. The molecule has 1 aromatic rings. The monoisotopic (exact) mass is 313 g/mol. The van der Waals surface area contributed by atoms with Crippen molar-refractivity contribution in [3.05, 3.63) is 41.2 Å². The van der Waals surface area contributed by atoms with Gasteiger partial charge in [-0.1, -0.05) is 32.0 Å². The maximum absolute atomic E-state index is 12.8. The number of Topliss-reactive ketones (excluding diaryl/α,β-unsaturated/α-hetero) is 1. The van der Waals surface area contributed by atoms with Gasteiger partial charge in [0, 0.05) is 31.1 Å². The Kier molecular flexibility index (Phi) is 3.40. The summed E-state index contributed by atoms with van der Waals surface area (Å²) in [7, 11) is 1.76. The Morgan fingerprint density at radius 2 is 1.78 bits per heavy atom. The van der Waals surface area contributed by atoms with Gasteiger partial charge in [0.25, 0.3) is 0 Å². The van der Waals surface area contributed by atoms with Gasteiger partial charge >= 0.3 is 0 Å². The molecule has 3 rings (SSSR count). The minimum atomic E-state index is -0.800. The highest BCUT2D eigenvalue weighted by Crippen LogP contribution is 2.47. The lowest BCUT2D eigenvalue weighted by Crippen LogP contribution is -2.38. The van der Waals surface area contributed by atoms with Crippen LogP contribution in [0.1, 0.15) is 45.6 Å². The number of para-hydroxylation sites is 1. The van der Waals surface area contributed by atoms with Crippen LogP contribution in [-0.2, 0) is 15.0 Å². The summed E-state index contributed by atoms with van der Waals surface area (Å²) >= 11 is 0. The van der Waals surface area contributed by atoms with Crippen molar-refractivity contribution in [2.75, 3.05) is 11.9 Å². The zero-order chi connectivity index (χ0) is 17.0. The Balaban J connectivity index is 2.03. The number of hydrogen-bond acceptors (Lipinski definition) is 3. The van der Waals surface area contributed by atoms with E-state index in [1.807, 2.05) is 45.0 Å². The summed E-state index contributed by atoms with van der Waals surface area (Å²) in [6.07, 6.45) is 1.15. The Morgan fingerprint density at radius 3 is 2.43 bits per heavy atom. The van der Waals surface area contributed by atoms with E-state index in [4.69, 9.17) is 0 Å². The van der Waals surface area contributed by atoms with Gasteiger partial charge in [0.15, 0.2) is 5.78 Å². The molecule has 1 unspecified atom stereocenters. The lowest BCUT2D eigenvalue weighted by molar-refractivity contribution is -0.122. The molecular weight excluding hydrogens is 290 g/mol. The number of carbonyl (C=O) groups excluding carboxylic acids is 2. The second-order valence-electron chi connectivity index (χ2n) is 7.76. The largest absolute Gasteiger partial charge is 0.512 e. The van der Waals surface area contributed by atoms with Crippen molar-refractivity contribution >= 4 is 17.4 Å². The lowest BCUT2D eigenvalue weighted by atomic mass is 9.71. The first-order valence-corrected chi connectivity index (χ1v) is 7.97. The number of hydrogen-bond donors (Lipinski definition) is 1. The molecule has 2 aliphatic rings. The molecule has 0 radical (unpaired) electrons. The fraction of sp³-hybridized carbons (Fsp3) is 0.474. The van der Waals surface area contributed by atoms with Gasteiger partial charge in [-0.25, -0.2) is 0 Å². The highest BCUT2D eigenvalue weighted by Gasteiger charge is 2.48. The van der Waals surface area contributed by atoms with Crippen LogP contribution < -0.4 is 4.90 Å². The number of ketones is 1. The Hall–Kier alpha value is -2.10. The minimum absolute atomic E-state index is 0.0309. The van der Waals surface area contributed by atoms with E-state index in [0.717, 1.165) is 11.3 Å². The van der Waals surface area contributed by atoms with E-state index in [9.17, 15) is 14.7 Å². The van der Waals surface area contributed by atoms with Gasteiger partial charge < -0.3 is 10.0 Å². The number of nitrogens with zero attached hydrogens (tertiary/aromatic N) is 1. The van der Waals surface area contributed by atoms with Crippen LogP contribution in [0.3, 0.4) is 0 Å². The van der Waals surface area contributed by atoms with Crippen molar-refractivity contribution in [1.29, 1.82) is 0 Å². The van der Waals surface area contributed by atoms with Crippen LogP contribution in [0.4, 0.5) is 5.69 Å². The number of carbonyl (C=O) groups is 2. The zero-order valence-electron chi connectivity index (χ0n) is 14.1. The zero-order valence-corrected chi connectivity index (χ0v) is 14.1. The molecule has 1 N–H and O–H groups in total. The van der Waals surface area contributed by atoms with Crippen molar-refractivity contribution in [3.8, 4) is 0 Å². The molecule has 4 nitrogen and oxygen atoms in total. The Bertz CT molecular complexity index is 732. The number of allylic oxidation sites excluding steroid dienone is 2. The number of benzene rings is 1. The van der Waals surface area contributed by atoms with Crippen molar-refractivity contribution in [1.82, 2.24) is 0 Å². The van der Waals surface area contributed by atoms with Crippen LogP contribution in [0, 0.1) is 5.41 Å². The second kappa shape index (κ2) is 4.95. The number of aliphatic hydroxyl groups is 1. The number of rotatable bonds is 2. The molecular formula is C19H23NO3. The van der Waals surface area contributed by atoms with E-state index in [1.165, 1.54) is 0 Å². The highest BCUT2D eigenvalue weighted by molar-refractivity contribution is 6.09. The minimum Gasteiger partial charge on any atom is -0.512 e. The Morgan fingerprint density at radius 1 is 1.13 bits per heavy atom. The molecule has 122 valence electrons. The number of aliphatic hydroxyl groups excluding tert-OH is 1. The van der Waals surface area contributed by atoms with Crippen LogP contribution >= 0.6 is 0 Å². The second-order valence-corrected chi connectivity index (χ2v) is 7.76. The SMILES string of the molecule is CN1C(=O)C(C)(CC2=C(O)CC(C)(C)CC2=O)c2ccccc21. The summed E-state index contributed by atoms with van der Waals surface area (Å²) in [4.78, 5) is 27.0. The normalized spacial score (nSPS) is 26.7. The molecule has 1 aliphatic carbocycles. The van der Waals surface area contributed by atoms with Crippen molar-refractivity contribution in [2.24, 2.45) is 5.41 Å². The summed E-state index contributed by atoms with van der Waals surface area (Å²) < 4.78 is 0. The summed E-state index contributed by atoms with van der Waals surface area (Å²) in [6.45, 7) is 5.82. The predicted octanol–water partition coefficient (Wildman–Crippen LogP) is 3.51. The van der Waals surface area contributed by atoms with Gasteiger partial charge in [0.05, 0.1) is 11.2 Å². The molecule has 4 heteroatoms. The van der Waals surface area contributed by atoms with Crippen molar-refractivity contribution in [3.63, 3.8) is 0 Å². The van der Waals surface area contributed by atoms with Crippen LogP contribution in [0.15, 0.2) is 35.6 Å². The number of amides is 1. The van der Waals surface area contributed by atoms with E-state index in [1.54, 1.807) is 11.9 Å². The van der Waals surface area contributed by atoms with Gasteiger partial charge in [-0.2, -0.15) is 0 Å².